The number of amides is 1. The number of hydrogen-bond acceptors (Lipinski definition) is 5. The van der Waals surface area contributed by atoms with Gasteiger partial charge >= 0.3 is 5.97 Å². The standard InChI is InChI=1S/C21H25NO4S/c1-3-25-21(24)19-17(15-8-9-15)13-27-20(19)22-18(23)5-4-12-26-16-10-6-14(2)7-11-16/h6-7,10-11,13,15H,3-5,8-9,12H2,1-2H3,(H,22,23). The second-order valence-electron chi connectivity index (χ2n) is 6.70. The topological polar surface area (TPSA) is 64.6 Å². The minimum atomic E-state index is -0.348. The molecule has 0 unspecified atom stereocenters. The molecule has 1 fully saturated rings. The van der Waals surface area contributed by atoms with Gasteiger partial charge < -0.3 is 14.8 Å². The van der Waals surface area contributed by atoms with Gasteiger partial charge in [-0.05, 0) is 62.1 Å². The van der Waals surface area contributed by atoms with Crippen LogP contribution in [-0.4, -0.2) is 25.1 Å². The quantitative estimate of drug-likeness (QED) is 0.490. The van der Waals surface area contributed by atoms with Gasteiger partial charge in [0.2, 0.25) is 5.91 Å². The van der Waals surface area contributed by atoms with Crippen LogP contribution in [0.5, 0.6) is 5.75 Å². The van der Waals surface area contributed by atoms with Crippen molar-refractivity contribution in [2.75, 3.05) is 18.5 Å². The number of carbonyl (C=O) groups is 2. The second-order valence-corrected chi connectivity index (χ2v) is 7.58. The summed E-state index contributed by atoms with van der Waals surface area (Å²) < 4.78 is 10.8. The van der Waals surface area contributed by atoms with Gasteiger partial charge in [-0.2, -0.15) is 0 Å². The molecule has 0 atom stereocenters. The van der Waals surface area contributed by atoms with E-state index in [4.69, 9.17) is 9.47 Å². The van der Waals surface area contributed by atoms with Crippen LogP contribution in [0.15, 0.2) is 29.6 Å². The Morgan fingerprint density at radius 3 is 2.63 bits per heavy atom. The van der Waals surface area contributed by atoms with Crippen LogP contribution in [0.2, 0.25) is 0 Å². The average Bonchev–Trinajstić information content (AvgIpc) is 3.41. The van der Waals surface area contributed by atoms with Crippen molar-refractivity contribution >= 4 is 28.2 Å². The highest BCUT2D eigenvalue weighted by Crippen LogP contribution is 2.46. The summed E-state index contributed by atoms with van der Waals surface area (Å²) in [6, 6.07) is 7.83. The van der Waals surface area contributed by atoms with Gasteiger partial charge in [-0.3, -0.25) is 4.79 Å². The second kappa shape index (κ2) is 9.04. The van der Waals surface area contributed by atoms with Crippen LogP contribution in [0.3, 0.4) is 0 Å². The fraction of sp³-hybridized carbons (Fsp3) is 0.429. The molecule has 5 nitrogen and oxygen atoms in total. The molecule has 0 radical (unpaired) electrons. The average molecular weight is 388 g/mol. The SMILES string of the molecule is CCOC(=O)c1c(C2CC2)csc1NC(=O)CCCOc1ccc(C)cc1. The lowest BCUT2D eigenvalue weighted by molar-refractivity contribution is -0.116. The van der Waals surface area contributed by atoms with Gasteiger partial charge in [0.15, 0.2) is 0 Å². The summed E-state index contributed by atoms with van der Waals surface area (Å²) in [5, 5.41) is 5.45. The smallest absolute Gasteiger partial charge is 0.341 e. The largest absolute Gasteiger partial charge is 0.494 e. The summed E-state index contributed by atoms with van der Waals surface area (Å²) >= 11 is 1.40. The summed E-state index contributed by atoms with van der Waals surface area (Å²) in [7, 11) is 0. The Balaban J connectivity index is 1.51. The number of esters is 1. The van der Waals surface area contributed by atoms with Crippen LogP contribution in [0.4, 0.5) is 5.00 Å². The zero-order valence-corrected chi connectivity index (χ0v) is 16.6. The minimum absolute atomic E-state index is 0.114. The molecular formula is C21H25NO4S. The molecule has 0 spiro atoms. The van der Waals surface area contributed by atoms with E-state index in [0.717, 1.165) is 24.2 Å². The summed E-state index contributed by atoms with van der Waals surface area (Å²) in [5.41, 5.74) is 2.73. The predicted octanol–water partition coefficient (Wildman–Crippen LogP) is 4.91. The van der Waals surface area contributed by atoms with Gasteiger partial charge in [-0.15, -0.1) is 11.3 Å². The first kappa shape index (κ1) is 19.4. The van der Waals surface area contributed by atoms with Crippen LogP contribution in [0.1, 0.15) is 60.0 Å². The van der Waals surface area contributed by atoms with Crippen LogP contribution in [-0.2, 0) is 9.53 Å². The van der Waals surface area contributed by atoms with Gasteiger partial charge in [-0.1, -0.05) is 17.7 Å². The molecule has 1 aromatic heterocycles. The Kier molecular flexibility index (Phi) is 6.50. The lowest BCUT2D eigenvalue weighted by Gasteiger charge is -2.09. The zero-order valence-electron chi connectivity index (χ0n) is 15.7. The predicted molar refractivity (Wildman–Crippen MR) is 107 cm³/mol. The van der Waals surface area contributed by atoms with E-state index in [1.54, 1.807) is 6.92 Å². The van der Waals surface area contributed by atoms with Crippen molar-refractivity contribution in [1.29, 1.82) is 0 Å². The van der Waals surface area contributed by atoms with Crippen LogP contribution in [0, 0.1) is 6.92 Å². The maximum Gasteiger partial charge on any atom is 0.341 e. The van der Waals surface area contributed by atoms with E-state index >= 15 is 0 Å². The number of carbonyl (C=O) groups excluding carboxylic acids is 2. The van der Waals surface area contributed by atoms with Crippen LogP contribution >= 0.6 is 11.3 Å². The molecule has 144 valence electrons. The third-order valence-corrected chi connectivity index (χ3v) is 5.32. The number of rotatable bonds is 9. The monoisotopic (exact) mass is 387 g/mol. The summed E-state index contributed by atoms with van der Waals surface area (Å²) in [5.74, 6) is 0.767. The molecule has 0 aliphatic heterocycles. The lowest BCUT2D eigenvalue weighted by Crippen LogP contribution is -2.15. The molecule has 1 amide bonds. The van der Waals surface area contributed by atoms with E-state index in [2.05, 4.69) is 5.32 Å². The first-order chi connectivity index (χ1) is 13.1. The van der Waals surface area contributed by atoms with Crippen molar-refractivity contribution in [3.8, 4) is 5.75 Å². The number of aryl methyl sites for hydroxylation is 1. The molecule has 1 aromatic carbocycles. The molecule has 0 saturated heterocycles. The van der Waals surface area contributed by atoms with Crippen molar-refractivity contribution in [2.45, 2.75) is 45.4 Å². The van der Waals surface area contributed by atoms with E-state index in [9.17, 15) is 9.59 Å². The van der Waals surface area contributed by atoms with E-state index in [1.807, 2.05) is 36.6 Å². The maximum absolute atomic E-state index is 12.3. The molecule has 2 aromatic rings. The molecule has 1 N–H and O–H groups in total. The Morgan fingerprint density at radius 2 is 1.96 bits per heavy atom. The van der Waals surface area contributed by atoms with Gasteiger partial charge in [0.1, 0.15) is 10.8 Å². The van der Waals surface area contributed by atoms with E-state index in [0.29, 0.717) is 42.5 Å². The van der Waals surface area contributed by atoms with E-state index in [-0.39, 0.29) is 11.9 Å². The Labute approximate surface area is 163 Å². The van der Waals surface area contributed by atoms with Gasteiger partial charge in [0, 0.05) is 6.42 Å². The van der Waals surface area contributed by atoms with Crippen molar-refractivity contribution in [1.82, 2.24) is 0 Å². The van der Waals surface area contributed by atoms with Gasteiger partial charge in [0.25, 0.3) is 0 Å². The van der Waals surface area contributed by atoms with Crippen molar-refractivity contribution < 1.29 is 19.1 Å². The van der Waals surface area contributed by atoms with Crippen molar-refractivity contribution in [2.24, 2.45) is 0 Å². The Bertz CT molecular complexity index is 793. The first-order valence-electron chi connectivity index (χ1n) is 9.36. The summed E-state index contributed by atoms with van der Waals surface area (Å²) in [4.78, 5) is 24.6. The molecule has 1 aliphatic carbocycles. The number of thiophene rings is 1. The molecule has 1 aliphatic rings. The highest BCUT2D eigenvalue weighted by Gasteiger charge is 2.32. The third kappa shape index (κ3) is 5.32. The number of ether oxygens (including phenoxy) is 2. The first-order valence-corrected chi connectivity index (χ1v) is 10.2. The normalized spacial score (nSPS) is 13.3. The third-order valence-electron chi connectivity index (χ3n) is 4.41. The molecule has 6 heteroatoms. The molecule has 27 heavy (non-hydrogen) atoms. The molecule has 1 saturated carbocycles. The zero-order chi connectivity index (χ0) is 19.2. The molecular weight excluding hydrogens is 362 g/mol. The van der Waals surface area contributed by atoms with Crippen LogP contribution in [0.25, 0.3) is 0 Å². The number of hydrogen-bond donors (Lipinski definition) is 1. The number of benzene rings is 1. The van der Waals surface area contributed by atoms with Gasteiger partial charge in [0.05, 0.1) is 18.8 Å². The minimum Gasteiger partial charge on any atom is -0.494 e. The molecule has 1 heterocycles. The number of nitrogens with one attached hydrogen (secondary N) is 1. The lowest BCUT2D eigenvalue weighted by atomic mass is 10.1. The van der Waals surface area contributed by atoms with Crippen LogP contribution < -0.4 is 10.1 Å². The summed E-state index contributed by atoms with van der Waals surface area (Å²) in [6.45, 7) is 4.60. The maximum atomic E-state index is 12.3. The van der Waals surface area contributed by atoms with Crippen molar-refractivity contribution in [3.63, 3.8) is 0 Å². The van der Waals surface area contributed by atoms with Gasteiger partial charge in [-0.25, -0.2) is 4.79 Å². The molecule has 3 rings (SSSR count). The summed E-state index contributed by atoms with van der Waals surface area (Å²) in [6.07, 6.45) is 3.12. The van der Waals surface area contributed by atoms with E-state index < -0.39 is 0 Å². The fourth-order valence-corrected chi connectivity index (χ4v) is 3.87. The van der Waals surface area contributed by atoms with Crippen molar-refractivity contribution in [3.05, 3.63) is 46.3 Å². The Hall–Kier alpha value is -2.34. The highest BCUT2D eigenvalue weighted by atomic mass is 32.1. The van der Waals surface area contributed by atoms with E-state index in [1.165, 1.54) is 16.9 Å². The molecule has 0 bridgehead atoms. The number of anilines is 1. The highest BCUT2D eigenvalue weighted by molar-refractivity contribution is 7.15. The Morgan fingerprint density at radius 1 is 1.22 bits per heavy atom. The fourth-order valence-electron chi connectivity index (χ4n) is 2.82.